The maximum Gasteiger partial charge on any atom is 0.171 e. The van der Waals surface area contributed by atoms with Crippen molar-refractivity contribution in [3.63, 3.8) is 0 Å². The normalized spacial score (nSPS) is 18.1. The summed E-state index contributed by atoms with van der Waals surface area (Å²) in [6, 6.07) is 6.32. The summed E-state index contributed by atoms with van der Waals surface area (Å²) in [6.07, 6.45) is 3.00. The van der Waals surface area contributed by atoms with Gasteiger partial charge in [0, 0.05) is 20.8 Å². The van der Waals surface area contributed by atoms with Crippen molar-refractivity contribution in [3.05, 3.63) is 55.9 Å². The number of aryl methyl sites for hydroxylation is 1. The third-order valence-electron chi connectivity index (χ3n) is 3.57. The topological polar surface area (TPSA) is 17.1 Å². The summed E-state index contributed by atoms with van der Waals surface area (Å²) in [5.74, 6) is -0.314. The number of carbonyl (C=O) groups excluding carboxylic acids is 1. The molecule has 0 saturated carbocycles. The van der Waals surface area contributed by atoms with Gasteiger partial charge in [-0.3, -0.25) is 4.79 Å². The first-order chi connectivity index (χ1) is 9.16. The number of hydrogen-bond acceptors (Lipinski definition) is 2. The van der Waals surface area contributed by atoms with Gasteiger partial charge in [0.25, 0.3) is 0 Å². The third-order valence-corrected chi connectivity index (χ3v) is 5.22. The van der Waals surface area contributed by atoms with Crippen molar-refractivity contribution in [2.45, 2.75) is 25.2 Å². The Labute approximate surface area is 123 Å². The molecule has 1 aliphatic carbocycles. The number of benzene rings is 1. The first-order valence-electron chi connectivity index (χ1n) is 6.22. The lowest BCUT2D eigenvalue weighted by molar-refractivity contribution is 0.0950. The molecule has 0 aliphatic heterocycles. The quantitative estimate of drug-likeness (QED) is 0.708. The average molecular weight is 339 g/mol. The molecule has 1 nitrogen and oxygen atoms in total. The van der Waals surface area contributed by atoms with E-state index in [2.05, 4.69) is 27.4 Å². The van der Waals surface area contributed by atoms with Gasteiger partial charge in [0.1, 0.15) is 5.82 Å². The van der Waals surface area contributed by atoms with Crippen LogP contribution in [0.1, 0.15) is 39.6 Å². The van der Waals surface area contributed by atoms with E-state index in [-0.39, 0.29) is 17.5 Å². The average Bonchev–Trinajstić information content (AvgIpc) is 2.86. The molecule has 0 spiro atoms. The van der Waals surface area contributed by atoms with Crippen LogP contribution in [0.15, 0.2) is 34.1 Å². The summed E-state index contributed by atoms with van der Waals surface area (Å²) in [5, 5.41) is 2.05. The second-order valence-corrected chi connectivity index (χ2v) is 6.59. The van der Waals surface area contributed by atoms with E-state index in [9.17, 15) is 9.18 Å². The SMILES string of the molecule is O=C(c1ccc(F)cc1Br)C1CCCc2sccc21. The van der Waals surface area contributed by atoms with Crippen LogP contribution in [0.25, 0.3) is 0 Å². The molecule has 0 bridgehead atoms. The molecule has 1 aromatic heterocycles. The first kappa shape index (κ1) is 13.0. The van der Waals surface area contributed by atoms with Crippen molar-refractivity contribution in [1.29, 1.82) is 0 Å². The molecule has 0 amide bonds. The van der Waals surface area contributed by atoms with E-state index >= 15 is 0 Å². The predicted octanol–water partition coefficient (Wildman–Crippen LogP) is 4.95. The van der Waals surface area contributed by atoms with Gasteiger partial charge in [0.2, 0.25) is 0 Å². The van der Waals surface area contributed by atoms with Crippen molar-refractivity contribution < 1.29 is 9.18 Å². The zero-order valence-corrected chi connectivity index (χ0v) is 12.6. The molecule has 1 unspecified atom stereocenters. The number of fused-ring (bicyclic) bond motifs is 1. The van der Waals surface area contributed by atoms with Gasteiger partial charge in [-0.05, 0) is 70.4 Å². The second kappa shape index (κ2) is 5.17. The Morgan fingerprint density at radius 1 is 1.37 bits per heavy atom. The molecule has 2 aromatic rings. The molecule has 0 N–H and O–H groups in total. The zero-order chi connectivity index (χ0) is 13.4. The highest BCUT2D eigenvalue weighted by Gasteiger charge is 2.29. The molecule has 0 saturated heterocycles. The van der Waals surface area contributed by atoms with Gasteiger partial charge < -0.3 is 0 Å². The summed E-state index contributed by atoms with van der Waals surface area (Å²) in [5.41, 5.74) is 1.74. The fraction of sp³-hybridized carbons (Fsp3) is 0.267. The number of hydrogen-bond donors (Lipinski definition) is 0. The highest BCUT2D eigenvalue weighted by molar-refractivity contribution is 9.10. The summed E-state index contributed by atoms with van der Waals surface area (Å²) in [4.78, 5) is 14.0. The van der Waals surface area contributed by atoms with E-state index in [1.54, 1.807) is 17.4 Å². The molecule has 1 heterocycles. The Morgan fingerprint density at radius 3 is 3.00 bits per heavy atom. The van der Waals surface area contributed by atoms with Gasteiger partial charge in [-0.25, -0.2) is 4.39 Å². The minimum atomic E-state index is -0.330. The van der Waals surface area contributed by atoms with Crippen LogP contribution in [-0.2, 0) is 6.42 Å². The Balaban J connectivity index is 1.98. The van der Waals surface area contributed by atoms with Crippen LogP contribution < -0.4 is 0 Å². The van der Waals surface area contributed by atoms with Crippen LogP contribution >= 0.6 is 27.3 Å². The van der Waals surface area contributed by atoms with E-state index in [1.165, 1.54) is 17.0 Å². The fourth-order valence-electron chi connectivity index (χ4n) is 2.64. The fourth-order valence-corrected chi connectivity index (χ4v) is 4.17. The lowest BCUT2D eigenvalue weighted by Crippen LogP contribution is -2.17. The molecular formula is C15H12BrFOS. The van der Waals surface area contributed by atoms with Crippen LogP contribution in [0.4, 0.5) is 4.39 Å². The molecule has 1 aliphatic rings. The highest BCUT2D eigenvalue weighted by atomic mass is 79.9. The van der Waals surface area contributed by atoms with Crippen LogP contribution in [-0.4, -0.2) is 5.78 Å². The van der Waals surface area contributed by atoms with Gasteiger partial charge in [0.05, 0.1) is 0 Å². The van der Waals surface area contributed by atoms with Crippen molar-refractivity contribution in [3.8, 4) is 0 Å². The summed E-state index contributed by atoms with van der Waals surface area (Å²) < 4.78 is 13.6. The van der Waals surface area contributed by atoms with Crippen molar-refractivity contribution in [2.75, 3.05) is 0 Å². The van der Waals surface area contributed by atoms with Gasteiger partial charge in [-0.15, -0.1) is 11.3 Å². The van der Waals surface area contributed by atoms with Crippen LogP contribution in [0.2, 0.25) is 0 Å². The van der Waals surface area contributed by atoms with Crippen molar-refractivity contribution >= 4 is 33.0 Å². The Bertz CT molecular complexity index is 635. The molecule has 1 aromatic carbocycles. The number of halogens is 2. The lowest BCUT2D eigenvalue weighted by Gasteiger charge is -2.21. The molecule has 4 heteroatoms. The van der Waals surface area contributed by atoms with E-state index in [1.807, 2.05) is 0 Å². The molecule has 0 radical (unpaired) electrons. The summed E-state index contributed by atoms with van der Waals surface area (Å²) >= 11 is 5.01. The molecule has 3 rings (SSSR count). The Morgan fingerprint density at radius 2 is 2.21 bits per heavy atom. The number of rotatable bonds is 2. The smallest absolute Gasteiger partial charge is 0.171 e. The van der Waals surface area contributed by atoms with E-state index in [4.69, 9.17) is 0 Å². The van der Waals surface area contributed by atoms with E-state index in [0.29, 0.717) is 10.0 Å². The summed E-state index contributed by atoms with van der Waals surface area (Å²) in [6.45, 7) is 0. The van der Waals surface area contributed by atoms with Crippen molar-refractivity contribution in [2.24, 2.45) is 0 Å². The van der Waals surface area contributed by atoms with Crippen LogP contribution in [0.5, 0.6) is 0 Å². The second-order valence-electron chi connectivity index (χ2n) is 4.73. The third kappa shape index (κ3) is 2.39. The van der Waals surface area contributed by atoms with Crippen LogP contribution in [0, 0.1) is 5.82 Å². The van der Waals surface area contributed by atoms with Gasteiger partial charge >= 0.3 is 0 Å². The van der Waals surface area contributed by atoms with Crippen molar-refractivity contribution in [1.82, 2.24) is 0 Å². The van der Waals surface area contributed by atoms with Gasteiger partial charge in [-0.2, -0.15) is 0 Å². The largest absolute Gasteiger partial charge is 0.293 e. The van der Waals surface area contributed by atoms with Gasteiger partial charge in [-0.1, -0.05) is 0 Å². The minimum absolute atomic E-state index is 0.0724. The molecule has 19 heavy (non-hydrogen) atoms. The molecular weight excluding hydrogens is 327 g/mol. The predicted molar refractivity (Wildman–Crippen MR) is 78.4 cm³/mol. The lowest BCUT2D eigenvalue weighted by atomic mass is 9.82. The number of thiophene rings is 1. The molecule has 0 fully saturated rings. The van der Waals surface area contributed by atoms with E-state index < -0.39 is 0 Å². The maximum absolute atomic E-state index is 13.1. The van der Waals surface area contributed by atoms with Crippen LogP contribution in [0.3, 0.4) is 0 Å². The highest BCUT2D eigenvalue weighted by Crippen LogP contribution is 2.38. The standard InChI is InChI=1S/C15H12BrFOS/c16-13-8-9(17)4-5-12(13)15(18)11-2-1-3-14-10(11)6-7-19-14/h4-8,11H,1-3H2. The van der Waals surface area contributed by atoms with E-state index in [0.717, 1.165) is 24.8 Å². The summed E-state index contributed by atoms with van der Waals surface area (Å²) in [7, 11) is 0. The molecule has 1 atom stereocenters. The number of ketones is 1. The monoisotopic (exact) mass is 338 g/mol. The van der Waals surface area contributed by atoms with Gasteiger partial charge in [0.15, 0.2) is 5.78 Å². The maximum atomic E-state index is 13.1. The first-order valence-corrected chi connectivity index (χ1v) is 7.89. The minimum Gasteiger partial charge on any atom is -0.293 e. The Hall–Kier alpha value is -1.00. The number of Topliss-reactive ketones (excluding diaryl/α,β-unsaturated/α-hetero) is 1. The Kier molecular flexibility index (Phi) is 3.54. The molecule has 98 valence electrons. The zero-order valence-electron chi connectivity index (χ0n) is 10.2. The number of carbonyl (C=O) groups is 1.